The van der Waals surface area contributed by atoms with E-state index in [1.165, 1.54) is 32.2 Å². The highest BCUT2D eigenvalue weighted by Gasteiger charge is 2.14. The number of benzene rings is 2. The van der Waals surface area contributed by atoms with Crippen LogP contribution in [-0.2, 0) is 9.59 Å². The number of nitrogens with zero attached hydrogens (tertiary/aromatic N) is 3. The Bertz CT molecular complexity index is 1120. The van der Waals surface area contributed by atoms with Crippen molar-refractivity contribution in [3.63, 3.8) is 0 Å². The van der Waals surface area contributed by atoms with E-state index in [0.717, 1.165) is 17.3 Å². The van der Waals surface area contributed by atoms with E-state index >= 15 is 0 Å². The lowest BCUT2D eigenvalue weighted by atomic mass is 10.2. The van der Waals surface area contributed by atoms with E-state index in [4.69, 9.17) is 4.74 Å². The zero-order chi connectivity index (χ0) is 22.4. The summed E-state index contributed by atoms with van der Waals surface area (Å²) in [5, 5.41) is 23.5. The smallest absolute Gasteiger partial charge is 0.273 e. The van der Waals surface area contributed by atoms with Crippen LogP contribution in [0.25, 0.3) is 11.4 Å². The van der Waals surface area contributed by atoms with Crippen molar-refractivity contribution in [2.45, 2.75) is 12.1 Å². The van der Waals surface area contributed by atoms with Gasteiger partial charge in [-0.1, -0.05) is 11.8 Å². The number of hydrogen-bond acceptors (Lipinski definition) is 8. The number of nitrogens with one attached hydrogen (secondary N) is 3. The summed E-state index contributed by atoms with van der Waals surface area (Å²) in [6, 6.07) is 11.0. The summed E-state index contributed by atoms with van der Waals surface area (Å²) in [5.74, 6) is 0.238. The number of methoxy groups -OCH3 is 1. The van der Waals surface area contributed by atoms with Gasteiger partial charge in [-0.15, -0.1) is 5.10 Å². The number of anilines is 2. The maximum Gasteiger partial charge on any atom is 0.273 e. The van der Waals surface area contributed by atoms with Crippen LogP contribution in [0.15, 0.2) is 47.6 Å². The molecule has 0 saturated carbocycles. The van der Waals surface area contributed by atoms with Crippen molar-refractivity contribution in [1.29, 1.82) is 0 Å². The van der Waals surface area contributed by atoms with Crippen LogP contribution in [0.4, 0.5) is 17.1 Å². The lowest BCUT2D eigenvalue weighted by Crippen LogP contribution is -2.14. The van der Waals surface area contributed by atoms with Gasteiger partial charge in [0.2, 0.25) is 17.0 Å². The summed E-state index contributed by atoms with van der Waals surface area (Å²) in [4.78, 5) is 38.0. The SMILES string of the molecule is COc1cc([N+](=O)[O-])ccc1NC(=O)CSc1n[nH]c(-c2ccc(NC(C)=O)cc2)n1. The van der Waals surface area contributed by atoms with Crippen LogP contribution < -0.4 is 15.4 Å². The summed E-state index contributed by atoms with van der Waals surface area (Å²) in [6.07, 6.45) is 0. The highest BCUT2D eigenvalue weighted by Crippen LogP contribution is 2.29. The second-order valence-corrected chi connectivity index (χ2v) is 7.15. The third-order valence-electron chi connectivity index (χ3n) is 3.95. The standard InChI is InChI=1S/C19H18N6O5S/c1-11(26)20-13-5-3-12(4-6-13)18-22-19(24-23-18)31-10-17(27)21-15-8-7-14(25(28)29)9-16(15)30-2/h3-9H,10H2,1-2H3,(H,20,26)(H,21,27)(H,22,23,24). The molecule has 0 atom stereocenters. The molecular formula is C19H18N6O5S. The van der Waals surface area contributed by atoms with Crippen LogP contribution in [0.1, 0.15) is 6.92 Å². The average molecular weight is 442 g/mol. The van der Waals surface area contributed by atoms with Crippen LogP contribution in [0.3, 0.4) is 0 Å². The number of aromatic amines is 1. The van der Waals surface area contributed by atoms with Gasteiger partial charge in [-0.25, -0.2) is 4.98 Å². The van der Waals surface area contributed by atoms with Crippen molar-refractivity contribution in [3.05, 3.63) is 52.6 Å². The molecule has 0 fully saturated rings. The first-order chi connectivity index (χ1) is 14.9. The van der Waals surface area contributed by atoms with Crippen molar-refractivity contribution < 1.29 is 19.2 Å². The first kappa shape index (κ1) is 21.8. The number of rotatable bonds is 8. The molecule has 2 amide bonds. The molecule has 0 aliphatic rings. The molecule has 0 aliphatic carbocycles. The van der Waals surface area contributed by atoms with Gasteiger partial charge in [0, 0.05) is 24.2 Å². The number of H-pyrrole nitrogens is 1. The topological polar surface area (TPSA) is 152 Å². The van der Waals surface area contributed by atoms with Gasteiger partial charge >= 0.3 is 0 Å². The van der Waals surface area contributed by atoms with E-state index in [1.54, 1.807) is 24.3 Å². The molecule has 0 spiro atoms. The van der Waals surface area contributed by atoms with Crippen LogP contribution >= 0.6 is 11.8 Å². The third-order valence-corrected chi connectivity index (χ3v) is 4.79. The lowest BCUT2D eigenvalue weighted by Gasteiger charge is -2.09. The number of hydrogen-bond donors (Lipinski definition) is 3. The van der Waals surface area contributed by atoms with Crippen LogP contribution in [-0.4, -0.2) is 44.8 Å². The Balaban J connectivity index is 1.58. The van der Waals surface area contributed by atoms with Crippen molar-refractivity contribution in [1.82, 2.24) is 15.2 Å². The second kappa shape index (κ2) is 9.71. The predicted molar refractivity (Wildman–Crippen MR) is 115 cm³/mol. The molecule has 3 aromatic rings. The Hall–Kier alpha value is -3.93. The van der Waals surface area contributed by atoms with E-state index in [1.807, 2.05) is 0 Å². The molecule has 2 aromatic carbocycles. The monoisotopic (exact) mass is 442 g/mol. The number of nitro benzene ring substituents is 1. The maximum atomic E-state index is 12.3. The van der Waals surface area contributed by atoms with Gasteiger partial charge < -0.3 is 15.4 Å². The fraction of sp³-hybridized carbons (Fsp3) is 0.158. The summed E-state index contributed by atoms with van der Waals surface area (Å²) >= 11 is 1.12. The molecule has 0 saturated heterocycles. The summed E-state index contributed by atoms with van der Waals surface area (Å²) in [7, 11) is 1.36. The fourth-order valence-corrected chi connectivity index (χ4v) is 3.17. The molecule has 160 valence electrons. The van der Waals surface area contributed by atoms with E-state index in [0.29, 0.717) is 22.4 Å². The number of carbonyl (C=O) groups excluding carboxylic acids is 2. The quantitative estimate of drug-likeness (QED) is 0.273. The first-order valence-corrected chi connectivity index (χ1v) is 9.90. The minimum Gasteiger partial charge on any atom is -0.494 e. The van der Waals surface area contributed by atoms with Crippen LogP contribution in [0, 0.1) is 10.1 Å². The molecule has 0 bridgehead atoms. The van der Waals surface area contributed by atoms with Crippen molar-refractivity contribution in [3.8, 4) is 17.1 Å². The highest BCUT2D eigenvalue weighted by atomic mass is 32.2. The number of carbonyl (C=O) groups is 2. The van der Waals surface area contributed by atoms with E-state index in [2.05, 4.69) is 25.8 Å². The Morgan fingerprint density at radius 1 is 1.19 bits per heavy atom. The Morgan fingerprint density at radius 2 is 1.94 bits per heavy atom. The number of thioether (sulfide) groups is 1. The maximum absolute atomic E-state index is 12.3. The second-order valence-electron chi connectivity index (χ2n) is 6.20. The Morgan fingerprint density at radius 3 is 2.58 bits per heavy atom. The number of nitro groups is 1. The van der Waals surface area contributed by atoms with Gasteiger partial charge in [-0.05, 0) is 30.3 Å². The molecule has 31 heavy (non-hydrogen) atoms. The normalized spacial score (nSPS) is 10.4. The largest absolute Gasteiger partial charge is 0.494 e. The predicted octanol–water partition coefficient (Wildman–Crippen LogP) is 3.08. The van der Waals surface area contributed by atoms with Gasteiger partial charge in [0.15, 0.2) is 5.82 Å². The van der Waals surface area contributed by atoms with Gasteiger partial charge in [0.05, 0.1) is 29.5 Å². The molecule has 11 nitrogen and oxygen atoms in total. The minimum absolute atomic E-state index is 0.0267. The van der Waals surface area contributed by atoms with Crippen LogP contribution in [0.5, 0.6) is 5.75 Å². The number of amides is 2. The zero-order valence-corrected chi connectivity index (χ0v) is 17.4. The third kappa shape index (κ3) is 5.79. The molecule has 0 radical (unpaired) electrons. The van der Waals surface area contributed by atoms with Gasteiger partial charge in [0.25, 0.3) is 5.69 Å². The number of ether oxygens (including phenoxy) is 1. The van der Waals surface area contributed by atoms with Crippen molar-refractivity contribution in [2.75, 3.05) is 23.5 Å². The lowest BCUT2D eigenvalue weighted by molar-refractivity contribution is -0.384. The molecule has 0 unspecified atom stereocenters. The van der Waals surface area contributed by atoms with E-state index < -0.39 is 4.92 Å². The summed E-state index contributed by atoms with van der Waals surface area (Å²) in [6.45, 7) is 1.43. The molecular weight excluding hydrogens is 424 g/mol. The van der Waals surface area contributed by atoms with Crippen molar-refractivity contribution in [2.24, 2.45) is 0 Å². The first-order valence-electron chi connectivity index (χ1n) is 8.91. The van der Waals surface area contributed by atoms with E-state index in [-0.39, 0.29) is 29.0 Å². The fourth-order valence-electron chi connectivity index (χ4n) is 2.57. The number of non-ortho nitro benzene ring substituents is 1. The molecule has 1 aromatic heterocycles. The Kier molecular flexibility index (Phi) is 6.82. The average Bonchev–Trinajstić information content (AvgIpc) is 3.21. The molecule has 3 rings (SSSR count). The zero-order valence-electron chi connectivity index (χ0n) is 16.5. The van der Waals surface area contributed by atoms with Crippen LogP contribution in [0.2, 0.25) is 0 Å². The van der Waals surface area contributed by atoms with Gasteiger partial charge in [-0.3, -0.25) is 24.8 Å². The van der Waals surface area contributed by atoms with Gasteiger partial charge in [0.1, 0.15) is 5.75 Å². The Labute approximate surface area is 180 Å². The molecule has 1 heterocycles. The van der Waals surface area contributed by atoms with Gasteiger partial charge in [-0.2, -0.15) is 0 Å². The highest BCUT2D eigenvalue weighted by molar-refractivity contribution is 7.99. The molecule has 0 aliphatic heterocycles. The van der Waals surface area contributed by atoms with E-state index in [9.17, 15) is 19.7 Å². The molecule has 12 heteroatoms. The number of aromatic nitrogens is 3. The summed E-state index contributed by atoms with van der Waals surface area (Å²) < 4.78 is 5.10. The molecule has 3 N–H and O–H groups in total. The summed E-state index contributed by atoms with van der Waals surface area (Å²) in [5.41, 5.74) is 1.63. The van der Waals surface area contributed by atoms with Crippen molar-refractivity contribution >= 4 is 40.6 Å². The minimum atomic E-state index is -0.543.